The van der Waals surface area contributed by atoms with Crippen molar-refractivity contribution in [2.45, 2.75) is 0 Å². The van der Waals surface area contributed by atoms with Gasteiger partial charge in [0.25, 0.3) is 0 Å². The minimum absolute atomic E-state index is 0.109. The molecule has 0 N–H and O–H groups in total. The summed E-state index contributed by atoms with van der Waals surface area (Å²) in [6, 6.07) is 12.3. The molecule has 1 aliphatic carbocycles. The number of hydrogen-bond acceptors (Lipinski definition) is 3. The fourth-order valence-corrected chi connectivity index (χ4v) is 1.57. The number of benzene rings is 2. The van der Waals surface area contributed by atoms with E-state index < -0.39 is 0 Å². The molecule has 15 heavy (non-hydrogen) atoms. The van der Waals surface area contributed by atoms with Gasteiger partial charge in [0.05, 0.1) is 0 Å². The molecule has 0 spiro atoms. The Morgan fingerprint density at radius 3 is 2.80 bits per heavy atom. The molecule has 0 radical (unpaired) electrons. The van der Waals surface area contributed by atoms with Crippen molar-refractivity contribution in [1.29, 1.82) is 0 Å². The van der Waals surface area contributed by atoms with Crippen molar-refractivity contribution in [2.75, 3.05) is 0 Å². The standard InChI is InChI=1S/C12H7NO2/c14-9-5-3-7-11-12(9)13-8-4-1-2-6-10(8)15-11/h1-7H. The molecule has 0 unspecified atom stereocenters. The van der Waals surface area contributed by atoms with E-state index in [2.05, 4.69) is 4.98 Å². The smallest absolute Gasteiger partial charge is 0.208 e. The van der Waals surface area contributed by atoms with Crippen LogP contribution in [0.1, 0.15) is 0 Å². The molecule has 0 atom stereocenters. The third kappa shape index (κ3) is 1.21. The molecule has 0 saturated carbocycles. The Kier molecular flexibility index (Phi) is 1.59. The van der Waals surface area contributed by atoms with Gasteiger partial charge in [-0.05, 0) is 24.3 Å². The summed E-state index contributed by atoms with van der Waals surface area (Å²) < 4.78 is 5.56. The Labute approximate surface area is 85.3 Å². The second-order valence-electron chi connectivity index (χ2n) is 3.28. The lowest BCUT2D eigenvalue weighted by Crippen LogP contribution is -2.05. The minimum atomic E-state index is -0.109. The van der Waals surface area contributed by atoms with E-state index in [9.17, 15) is 4.79 Å². The average Bonchev–Trinajstić information content (AvgIpc) is 2.27. The van der Waals surface area contributed by atoms with E-state index in [-0.39, 0.29) is 5.43 Å². The molecule has 1 aliphatic heterocycles. The van der Waals surface area contributed by atoms with E-state index in [1.54, 1.807) is 12.1 Å². The predicted octanol–water partition coefficient (Wildman–Crippen LogP) is 2.29. The Morgan fingerprint density at radius 1 is 1.00 bits per heavy atom. The molecule has 0 aromatic heterocycles. The van der Waals surface area contributed by atoms with Gasteiger partial charge in [0, 0.05) is 0 Å². The molecular weight excluding hydrogens is 190 g/mol. The van der Waals surface area contributed by atoms with Crippen LogP contribution in [0.25, 0.3) is 22.6 Å². The van der Waals surface area contributed by atoms with Crippen LogP contribution in [-0.2, 0) is 0 Å². The molecule has 0 fully saturated rings. The first-order chi connectivity index (χ1) is 7.34. The van der Waals surface area contributed by atoms with Crippen molar-refractivity contribution in [3.8, 4) is 11.5 Å². The second-order valence-corrected chi connectivity index (χ2v) is 3.28. The lowest BCUT2D eigenvalue weighted by atomic mass is 10.2. The highest BCUT2D eigenvalue weighted by atomic mass is 16.3. The second kappa shape index (κ2) is 2.92. The van der Waals surface area contributed by atoms with E-state index in [4.69, 9.17) is 4.42 Å². The van der Waals surface area contributed by atoms with E-state index in [1.165, 1.54) is 6.07 Å². The Morgan fingerprint density at radius 2 is 1.87 bits per heavy atom. The molecule has 1 heterocycles. The average molecular weight is 197 g/mol. The van der Waals surface area contributed by atoms with Crippen molar-refractivity contribution >= 4 is 11.1 Å². The molecule has 1 aromatic rings. The SMILES string of the molecule is O=c1cccc2oc3ccccc3nc1-2. The number of aromatic nitrogens is 1. The summed E-state index contributed by atoms with van der Waals surface area (Å²) in [6.45, 7) is 0. The van der Waals surface area contributed by atoms with Gasteiger partial charge < -0.3 is 4.42 Å². The zero-order valence-corrected chi connectivity index (χ0v) is 7.81. The van der Waals surface area contributed by atoms with Crippen LogP contribution in [0.4, 0.5) is 0 Å². The highest BCUT2D eigenvalue weighted by Crippen LogP contribution is 2.21. The van der Waals surface area contributed by atoms with Gasteiger partial charge in [0.15, 0.2) is 17.0 Å². The van der Waals surface area contributed by atoms with Crippen LogP contribution in [0.5, 0.6) is 0 Å². The first-order valence-corrected chi connectivity index (χ1v) is 4.63. The summed E-state index contributed by atoms with van der Waals surface area (Å²) in [7, 11) is 0. The summed E-state index contributed by atoms with van der Waals surface area (Å²) >= 11 is 0. The maximum Gasteiger partial charge on any atom is 0.208 e. The van der Waals surface area contributed by atoms with Crippen molar-refractivity contribution in [2.24, 2.45) is 0 Å². The molecule has 3 heteroatoms. The van der Waals surface area contributed by atoms with Crippen LogP contribution in [0.2, 0.25) is 0 Å². The van der Waals surface area contributed by atoms with E-state index in [1.807, 2.05) is 24.3 Å². The minimum Gasteiger partial charge on any atom is -0.453 e. The van der Waals surface area contributed by atoms with Crippen LogP contribution >= 0.6 is 0 Å². The maximum absolute atomic E-state index is 11.5. The Balaban J connectivity index is 2.54. The highest BCUT2D eigenvalue weighted by Gasteiger charge is 2.10. The first kappa shape index (κ1) is 8.17. The molecule has 0 bridgehead atoms. The Bertz CT molecular complexity index is 657. The summed E-state index contributed by atoms with van der Waals surface area (Å²) in [5, 5.41) is 0. The normalized spacial score (nSPS) is 10.9. The van der Waals surface area contributed by atoms with Crippen LogP contribution in [-0.4, -0.2) is 4.98 Å². The van der Waals surface area contributed by atoms with E-state index in [0.29, 0.717) is 22.6 Å². The number of hydrogen-bond donors (Lipinski definition) is 0. The number of fused-ring (bicyclic) bond motifs is 2. The van der Waals surface area contributed by atoms with Crippen LogP contribution in [0, 0.1) is 0 Å². The molecule has 2 aliphatic rings. The van der Waals surface area contributed by atoms with Gasteiger partial charge in [-0.3, -0.25) is 4.79 Å². The fourth-order valence-electron chi connectivity index (χ4n) is 1.57. The number of nitrogens with zero attached hydrogens (tertiary/aromatic N) is 1. The van der Waals surface area contributed by atoms with Gasteiger partial charge in [-0.1, -0.05) is 18.2 Å². The van der Waals surface area contributed by atoms with Gasteiger partial charge >= 0.3 is 0 Å². The molecule has 1 aromatic carbocycles. The fraction of sp³-hybridized carbons (Fsp3) is 0. The monoisotopic (exact) mass is 197 g/mol. The molecule has 3 nitrogen and oxygen atoms in total. The Hall–Kier alpha value is -2.16. The molecule has 0 amide bonds. The molecule has 0 saturated heterocycles. The maximum atomic E-state index is 11.5. The van der Waals surface area contributed by atoms with E-state index in [0.717, 1.165) is 0 Å². The summed E-state index contributed by atoms with van der Waals surface area (Å²) in [5.74, 6) is 0.529. The summed E-state index contributed by atoms with van der Waals surface area (Å²) in [5.41, 5.74) is 1.67. The van der Waals surface area contributed by atoms with Gasteiger partial charge in [-0.15, -0.1) is 0 Å². The summed E-state index contributed by atoms with van der Waals surface area (Å²) in [6.07, 6.45) is 0. The lowest BCUT2D eigenvalue weighted by Gasteiger charge is -2.03. The first-order valence-electron chi connectivity index (χ1n) is 4.63. The van der Waals surface area contributed by atoms with Crippen molar-refractivity contribution in [1.82, 2.24) is 4.98 Å². The van der Waals surface area contributed by atoms with Gasteiger partial charge in [-0.2, -0.15) is 0 Å². The van der Waals surface area contributed by atoms with Crippen molar-refractivity contribution in [3.05, 3.63) is 52.7 Å². The lowest BCUT2D eigenvalue weighted by molar-refractivity contribution is 0.612. The molecular formula is C12H7NO2. The third-order valence-corrected chi connectivity index (χ3v) is 2.28. The van der Waals surface area contributed by atoms with Gasteiger partial charge in [0.1, 0.15) is 5.52 Å². The highest BCUT2D eigenvalue weighted by molar-refractivity contribution is 5.75. The quantitative estimate of drug-likeness (QED) is 0.519. The van der Waals surface area contributed by atoms with Crippen molar-refractivity contribution < 1.29 is 4.42 Å². The largest absolute Gasteiger partial charge is 0.453 e. The van der Waals surface area contributed by atoms with Gasteiger partial charge in [0.2, 0.25) is 5.43 Å². The summed E-state index contributed by atoms with van der Waals surface area (Å²) in [4.78, 5) is 15.8. The zero-order chi connectivity index (χ0) is 10.3. The van der Waals surface area contributed by atoms with Gasteiger partial charge in [-0.25, -0.2) is 4.98 Å². The molecule has 3 rings (SSSR count). The third-order valence-electron chi connectivity index (χ3n) is 2.28. The molecule has 72 valence electrons. The van der Waals surface area contributed by atoms with E-state index >= 15 is 0 Å². The number of para-hydroxylation sites is 3. The van der Waals surface area contributed by atoms with Crippen LogP contribution in [0.3, 0.4) is 0 Å². The van der Waals surface area contributed by atoms with Crippen molar-refractivity contribution in [3.63, 3.8) is 0 Å². The van der Waals surface area contributed by atoms with Crippen LogP contribution < -0.4 is 5.43 Å². The zero-order valence-electron chi connectivity index (χ0n) is 7.81. The predicted molar refractivity (Wildman–Crippen MR) is 56.9 cm³/mol. The van der Waals surface area contributed by atoms with Crippen LogP contribution in [0.15, 0.2) is 51.7 Å². The topological polar surface area (TPSA) is 43.1 Å². The number of rotatable bonds is 0.